The first kappa shape index (κ1) is 20.5. The molecule has 3 aromatic carbocycles. The Morgan fingerprint density at radius 3 is 2.47 bits per heavy atom. The number of carbonyl (C=O) groups is 1. The minimum atomic E-state index is -0.505. The van der Waals surface area contributed by atoms with Crippen molar-refractivity contribution >= 4 is 28.8 Å². The lowest BCUT2D eigenvalue weighted by molar-refractivity contribution is -0.116. The number of allylic oxidation sites excluding steroid dienone is 1. The summed E-state index contributed by atoms with van der Waals surface area (Å²) < 4.78 is 5.32. The van der Waals surface area contributed by atoms with Gasteiger partial charge >= 0.3 is 0 Å². The molecular formula is C26H23ClN2O3. The third-order valence-electron chi connectivity index (χ3n) is 6.21. The van der Waals surface area contributed by atoms with E-state index in [1.807, 2.05) is 60.7 Å². The number of ether oxygens (including phenoxy) is 1. The first-order valence-corrected chi connectivity index (χ1v) is 10.9. The van der Waals surface area contributed by atoms with Crippen molar-refractivity contribution in [2.45, 2.75) is 24.8 Å². The number of phenols is 1. The summed E-state index contributed by atoms with van der Waals surface area (Å²) >= 11 is 6.06. The monoisotopic (exact) mass is 446 g/mol. The second-order valence-electron chi connectivity index (χ2n) is 8.12. The van der Waals surface area contributed by atoms with E-state index < -0.39 is 6.04 Å². The highest BCUT2D eigenvalue weighted by molar-refractivity contribution is 6.30. The maximum Gasteiger partial charge on any atom is 0.163 e. The van der Waals surface area contributed by atoms with Crippen molar-refractivity contribution in [3.63, 3.8) is 0 Å². The lowest BCUT2D eigenvalue weighted by Crippen LogP contribution is -2.27. The molecule has 3 N–H and O–H groups in total. The molecule has 5 rings (SSSR count). The zero-order valence-electron chi connectivity index (χ0n) is 17.6. The maximum absolute atomic E-state index is 13.6. The van der Waals surface area contributed by atoms with E-state index >= 15 is 0 Å². The van der Waals surface area contributed by atoms with Crippen molar-refractivity contribution in [2.24, 2.45) is 0 Å². The molecule has 3 aromatic rings. The smallest absolute Gasteiger partial charge is 0.163 e. The molecule has 2 unspecified atom stereocenters. The van der Waals surface area contributed by atoms with E-state index in [0.29, 0.717) is 34.8 Å². The van der Waals surface area contributed by atoms with Crippen LogP contribution in [0.3, 0.4) is 0 Å². The number of Topliss-reactive ketones (excluding diaryl/α,β-unsaturated/α-hetero) is 1. The highest BCUT2D eigenvalue weighted by Crippen LogP contribution is 2.47. The zero-order chi connectivity index (χ0) is 22.2. The van der Waals surface area contributed by atoms with Crippen LogP contribution in [0.1, 0.15) is 35.9 Å². The van der Waals surface area contributed by atoms with Gasteiger partial charge in [0.05, 0.1) is 24.5 Å². The fourth-order valence-corrected chi connectivity index (χ4v) is 4.76. The molecule has 6 heteroatoms. The lowest BCUT2D eigenvalue weighted by Gasteiger charge is -2.30. The Hall–Kier alpha value is -3.44. The van der Waals surface area contributed by atoms with E-state index in [-0.39, 0.29) is 17.5 Å². The number of hydrogen-bond donors (Lipinski definition) is 3. The molecular weight excluding hydrogens is 424 g/mol. The van der Waals surface area contributed by atoms with Crippen molar-refractivity contribution in [1.29, 1.82) is 0 Å². The van der Waals surface area contributed by atoms with Gasteiger partial charge in [0, 0.05) is 28.3 Å². The number of anilines is 2. The third kappa shape index (κ3) is 3.59. The average molecular weight is 447 g/mol. The number of halogens is 1. The molecule has 0 aromatic heterocycles. The fourth-order valence-electron chi connectivity index (χ4n) is 4.63. The van der Waals surface area contributed by atoms with E-state index in [1.54, 1.807) is 6.07 Å². The topological polar surface area (TPSA) is 70.6 Å². The number of phenolic OH excluding ortho intramolecular Hbond substituents is 1. The molecule has 5 nitrogen and oxygen atoms in total. The van der Waals surface area contributed by atoms with Gasteiger partial charge in [-0.3, -0.25) is 4.79 Å². The highest BCUT2D eigenvalue weighted by Gasteiger charge is 2.37. The van der Waals surface area contributed by atoms with Crippen LogP contribution in [0.4, 0.5) is 11.4 Å². The van der Waals surface area contributed by atoms with Crippen LogP contribution in [-0.4, -0.2) is 18.0 Å². The average Bonchev–Trinajstić information content (AvgIpc) is 2.96. The van der Waals surface area contributed by atoms with Crippen LogP contribution in [0.2, 0.25) is 5.02 Å². The first-order valence-electron chi connectivity index (χ1n) is 10.6. The van der Waals surface area contributed by atoms with E-state index in [2.05, 4.69) is 10.6 Å². The summed E-state index contributed by atoms with van der Waals surface area (Å²) in [6, 6.07) is 20.4. The summed E-state index contributed by atoms with van der Waals surface area (Å²) in [5.74, 6) is 0.507. The second-order valence-corrected chi connectivity index (χ2v) is 8.55. The van der Waals surface area contributed by atoms with Crippen LogP contribution in [0, 0.1) is 0 Å². The van der Waals surface area contributed by atoms with Gasteiger partial charge in [0.25, 0.3) is 0 Å². The molecule has 1 aliphatic carbocycles. The summed E-state index contributed by atoms with van der Waals surface area (Å²) in [6.07, 6.45) is 1.07. The van der Waals surface area contributed by atoms with Gasteiger partial charge in [0.1, 0.15) is 0 Å². The number of nitrogens with one attached hydrogen (secondary N) is 2. The number of carbonyl (C=O) groups excluding carboxylic acids is 1. The summed E-state index contributed by atoms with van der Waals surface area (Å²) in [7, 11) is 1.52. The van der Waals surface area contributed by atoms with Gasteiger partial charge in [-0.25, -0.2) is 0 Å². The Balaban J connectivity index is 1.63. The van der Waals surface area contributed by atoms with Crippen molar-refractivity contribution in [2.75, 3.05) is 17.7 Å². The Morgan fingerprint density at radius 1 is 0.969 bits per heavy atom. The van der Waals surface area contributed by atoms with Crippen LogP contribution in [0.15, 0.2) is 78.0 Å². The number of benzene rings is 3. The third-order valence-corrected chi connectivity index (χ3v) is 6.46. The molecule has 0 bridgehead atoms. The predicted molar refractivity (Wildman–Crippen MR) is 127 cm³/mol. The van der Waals surface area contributed by atoms with Gasteiger partial charge in [0.2, 0.25) is 0 Å². The summed E-state index contributed by atoms with van der Waals surface area (Å²) in [4.78, 5) is 13.6. The van der Waals surface area contributed by atoms with Gasteiger partial charge in [-0.05, 0) is 48.2 Å². The number of ketones is 1. The molecule has 32 heavy (non-hydrogen) atoms. The van der Waals surface area contributed by atoms with Gasteiger partial charge in [-0.15, -0.1) is 0 Å². The van der Waals surface area contributed by atoms with E-state index in [9.17, 15) is 9.90 Å². The molecule has 0 saturated heterocycles. The number of rotatable bonds is 3. The molecule has 0 fully saturated rings. The van der Waals surface area contributed by atoms with Crippen molar-refractivity contribution < 1.29 is 14.6 Å². The molecule has 2 atom stereocenters. The van der Waals surface area contributed by atoms with E-state index in [0.717, 1.165) is 22.6 Å². The number of methoxy groups -OCH3 is 1. The molecule has 0 radical (unpaired) electrons. The predicted octanol–water partition coefficient (Wildman–Crippen LogP) is 6.03. The largest absolute Gasteiger partial charge is 0.504 e. The van der Waals surface area contributed by atoms with Crippen molar-refractivity contribution in [3.05, 3.63) is 94.1 Å². The van der Waals surface area contributed by atoms with Gasteiger partial charge in [-0.1, -0.05) is 48.0 Å². The Morgan fingerprint density at radius 2 is 1.72 bits per heavy atom. The molecule has 2 aliphatic rings. The minimum absolute atomic E-state index is 0.0337. The minimum Gasteiger partial charge on any atom is -0.504 e. The van der Waals surface area contributed by atoms with Crippen LogP contribution >= 0.6 is 11.6 Å². The number of fused-ring (bicyclic) bond motifs is 1. The Kier molecular flexibility index (Phi) is 5.27. The zero-order valence-corrected chi connectivity index (χ0v) is 18.3. The molecule has 1 heterocycles. The van der Waals surface area contributed by atoms with Crippen LogP contribution in [-0.2, 0) is 4.79 Å². The Bertz CT molecular complexity index is 1220. The molecule has 0 saturated carbocycles. The molecule has 162 valence electrons. The summed E-state index contributed by atoms with van der Waals surface area (Å²) in [5, 5.41) is 18.6. The van der Waals surface area contributed by atoms with Crippen molar-refractivity contribution in [1.82, 2.24) is 0 Å². The highest BCUT2D eigenvalue weighted by atomic mass is 35.5. The second kappa shape index (κ2) is 8.24. The number of aromatic hydroxyl groups is 1. The lowest BCUT2D eigenvalue weighted by atomic mass is 9.78. The number of para-hydroxylation sites is 3. The summed E-state index contributed by atoms with van der Waals surface area (Å²) in [6.45, 7) is 0. The van der Waals surface area contributed by atoms with Crippen LogP contribution < -0.4 is 15.4 Å². The van der Waals surface area contributed by atoms with Gasteiger partial charge < -0.3 is 20.5 Å². The van der Waals surface area contributed by atoms with Gasteiger partial charge in [0.15, 0.2) is 17.3 Å². The maximum atomic E-state index is 13.6. The quantitative estimate of drug-likeness (QED) is 0.458. The van der Waals surface area contributed by atoms with E-state index in [4.69, 9.17) is 16.3 Å². The molecule has 1 aliphatic heterocycles. The number of hydrogen-bond acceptors (Lipinski definition) is 5. The molecule has 0 spiro atoms. The SMILES string of the molecule is COc1cccc(C2Nc3ccccc3NC3=C2C(=O)CC(c2ccc(Cl)cc2)C3)c1O. The Labute approximate surface area is 191 Å². The molecule has 0 amide bonds. The van der Waals surface area contributed by atoms with Gasteiger partial charge in [-0.2, -0.15) is 0 Å². The van der Waals surface area contributed by atoms with Crippen LogP contribution in [0.25, 0.3) is 0 Å². The van der Waals surface area contributed by atoms with Crippen molar-refractivity contribution in [3.8, 4) is 11.5 Å². The van der Waals surface area contributed by atoms with E-state index in [1.165, 1.54) is 7.11 Å². The standard InChI is InChI=1S/C26H23ClN2O3/c1-32-23-8-4-5-18(26(23)31)25-24-21(28-19-6-2-3-7-20(19)29-25)13-16(14-22(24)30)15-9-11-17(27)12-10-15/h2-12,16,25,28-29,31H,13-14H2,1H3. The summed E-state index contributed by atoms with van der Waals surface area (Å²) in [5.41, 5.74) is 4.97. The normalized spacial score (nSPS) is 19.9. The van der Waals surface area contributed by atoms with Crippen LogP contribution in [0.5, 0.6) is 11.5 Å². The fraction of sp³-hybridized carbons (Fsp3) is 0.192. The first-order chi connectivity index (χ1) is 15.5.